The molecule has 1 aromatic heterocycles. The van der Waals surface area contributed by atoms with Gasteiger partial charge in [-0.05, 0) is 50.5 Å². The minimum absolute atomic E-state index is 0.532. The van der Waals surface area contributed by atoms with E-state index in [1.54, 1.807) is 31.5 Å². The number of aryl methyl sites for hydroxylation is 2. The van der Waals surface area contributed by atoms with Crippen LogP contribution in [0.2, 0.25) is 5.02 Å². The van der Waals surface area contributed by atoms with Gasteiger partial charge in [-0.3, -0.25) is 14.8 Å². The Balaban J connectivity index is 1.54. The zero-order chi connectivity index (χ0) is 27.6. The van der Waals surface area contributed by atoms with Gasteiger partial charge in [-0.15, -0.1) is 0 Å². The number of nitrogens with zero attached hydrogens (tertiary/aromatic N) is 2. The molecule has 0 radical (unpaired) electrons. The molecule has 3 aromatic carbocycles. The molecule has 4 aromatic rings. The van der Waals surface area contributed by atoms with Crippen molar-refractivity contribution < 1.29 is 19.4 Å². The second-order valence-corrected chi connectivity index (χ2v) is 10.1. The van der Waals surface area contributed by atoms with Crippen LogP contribution in [0.3, 0.4) is 0 Å². The number of hydrogen-bond acceptors (Lipinski definition) is 4. The first-order valence-corrected chi connectivity index (χ1v) is 12.6. The van der Waals surface area contributed by atoms with Gasteiger partial charge < -0.3 is 9.84 Å². The van der Waals surface area contributed by atoms with Crippen LogP contribution in [0.1, 0.15) is 43.7 Å². The largest absolute Gasteiger partial charge is 0.481 e. The number of carbonyl (C=O) groups is 2. The molecule has 1 unspecified atom stereocenters. The van der Waals surface area contributed by atoms with Gasteiger partial charge >= 0.3 is 12.1 Å². The van der Waals surface area contributed by atoms with Crippen LogP contribution in [0.4, 0.5) is 10.5 Å². The topological polar surface area (TPSA) is 93.5 Å². The van der Waals surface area contributed by atoms with Gasteiger partial charge in [-0.25, -0.2) is 4.79 Å². The highest BCUT2D eigenvalue weighted by Crippen LogP contribution is 2.34. The number of hydrogen-bond donors (Lipinski definition) is 2. The molecular weight excluding hydrogens is 502 g/mol. The third kappa shape index (κ3) is 5.43. The minimum Gasteiger partial charge on any atom is -0.481 e. The maximum atomic E-state index is 12.8. The van der Waals surface area contributed by atoms with E-state index in [4.69, 9.17) is 16.3 Å². The Morgan fingerprint density at radius 2 is 1.53 bits per heavy atom. The lowest BCUT2D eigenvalue weighted by Gasteiger charge is -2.20. The number of nitrogens with one attached hydrogen (secondary N) is 1. The van der Waals surface area contributed by atoms with E-state index in [0.29, 0.717) is 16.4 Å². The number of carboxylic acid groups (broad SMARTS) is 1. The van der Waals surface area contributed by atoms with E-state index < -0.39 is 23.6 Å². The van der Waals surface area contributed by atoms with Crippen LogP contribution in [0.25, 0.3) is 22.4 Å². The fourth-order valence-corrected chi connectivity index (χ4v) is 4.61. The van der Waals surface area contributed by atoms with Crippen molar-refractivity contribution in [3.8, 4) is 22.4 Å². The van der Waals surface area contributed by atoms with Crippen molar-refractivity contribution in [2.45, 2.75) is 39.2 Å². The molecule has 1 amide bonds. The number of aromatic nitrogens is 2. The fourth-order valence-electron chi connectivity index (χ4n) is 4.32. The summed E-state index contributed by atoms with van der Waals surface area (Å²) in [6.07, 6.45) is -1.13. The van der Waals surface area contributed by atoms with Crippen molar-refractivity contribution >= 4 is 29.4 Å². The summed E-state index contributed by atoms with van der Waals surface area (Å²) in [6.45, 7) is 6.97. The van der Waals surface area contributed by atoms with Crippen molar-refractivity contribution in [3.05, 3.63) is 94.6 Å². The van der Waals surface area contributed by atoms with Crippen LogP contribution in [-0.2, 0) is 22.0 Å². The van der Waals surface area contributed by atoms with Gasteiger partial charge in [-0.1, -0.05) is 78.3 Å². The van der Waals surface area contributed by atoms with E-state index in [0.717, 1.165) is 33.5 Å². The molecule has 1 heterocycles. The fraction of sp³-hybridized carbons (Fsp3) is 0.233. The number of rotatable bonds is 7. The third-order valence-corrected chi connectivity index (χ3v) is 7.05. The molecule has 0 aliphatic rings. The van der Waals surface area contributed by atoms with Crippen molar-refractivity contribution in [3.63, 3.8) is 0 Å². The summed E-state index contributed by atoms with van der Waals surface area (Å²) >= 11 is 6.25. The number of aliphatic carboxylic acids is 1. The lowest BCUT2D eigenvalue weighted by molar-refractivity contribution is -0.142. The van der Waals surface area contributed by atoms with E-state index in [-0.39, 0.29) is 0 Å². The zero-order valence-corrected chi connectivity index (χ0v) is 22.7. The Bertz CT molecular complexity index is 1470. The van der Waals surface area contributed by atoms with Crippen LogP contribution in [0, 0.1) is 6.92 Å². The van der Waals surface area contributed by atoms with Gasteiger partial charge in [0, 0.05) is 23.2 Å². The van der Waals surface area contributed by atoms with Crippen LogP contribution in [0.15, 0.2) is 72.8 Å². The summed E-state index contributed by atoms with van der Waals surface area (Å²) in [6, 6.07) is 22.7. The van der Waals surface area contributed by atoms with Crippen LogP contribution < -0.4 is 5.32 Å². The van der Waals surface area contributed by atoms with Gasteiger partial charge in [0.2, 0.25) is 0 Å². The SMILES string of the molecule is Cc1nn(C)c(-c2ccc(-c3ccc(C(C)(C)C(=O)O)cc3)cc2)c1NC(=O)OC(C)c1ccccc1Cl. The summed E-state index contributed by atoms with van der Waals surface area (Å²) in [5.74, 6) is -0.868. The standard InChI is InChI=1S/C30H30ClN3O4/c1-18-26(32-29(37)38-19(2)24-8-6-7-9-25(24)31)27(34(5)33-18)22-12-10-20(11-13-22)21-14-16-23(17-15-21)30(3,4)28(35)36/h6-17,19H,1-5H3,(H,32,37)(H,35,36). The molecule has 0 aliphatic heterocycles. The van der Waals surface area contributed by atoms with Crippen molar-refractivity contribution in [2.24, 2.45) is 7.05 Å². The molecule has 38 heavy (non-hydrogen) atoms. The van der Waals surface area contributed by atoms with Gasteiger partial charge in [0.05, 0.1) is 22.5 Å². The molecule has 4 rings (SSSR count). The molecule has 196 valence electrons. The summed E-state index contributed by atoms with van der Waals surface area (Å²) in [5, 5.41) is 17.4. The number of anilines is 1. The molecule has 0 fully saturated rings. The van der Waals surface area contributed by atoms with Crippen molar-refractivity contribution in [2.75, 3.05) is 5.32 Å². The number of ether oxygens (including phenoxy) is 1. The third-order valence-electron chi connectivity index (χ3n) is 6.71. The summed E-state index contributed by atoms with van der Waals surface area (Å²) in [7, 11) is 1.82. The maximum absolute atomic E-state index is 12.8. The summed E-state index contributed by atoms with van der Waals surface area (Å²) in [4.78, 5) is 24.3. The average molecular weight is 532 g/mol. The zero-order valence-electron chi connectivity index (χ0n) is 21.9. The highest BCUT2D eigenvalue weighted by molar-refractivity contribution is 6.31. The first-order chi connectivity index (χ1) is 18.0. The molecule has 1 atom stereocenters. The van der Waals surface area contributed by atoms with E-state index in [9.17, 15) is 14.7 Å². The number of carboxylic acids is 1. The molecule has 8 heteroatoms. The van der Waals surface area contributed by atoms with Crippen LogP contribution >= 0.6 is 11.6 Å². The second kappa shape index (κ2) is 10.7. The smallest absolute Gasteiger partial charge is 0.412 e. The Morgan fingerprint density at radius 3 is 2.11 bits per heavy atom. The summed E-state index contributed by atoms with van der Waals surface area (Å²) < 4.78 is 7.32. The molecule has 0 bridgehead atoms. The van der Waals surface area contributed by atoms with Crippen LogP contribution in [0.5, 0.6) is 0 Å². The molecule has 7 nitrogen and oxygen atoms in total. The number of halogens is 1. The highest BCUT2D eigenvalue weighted by atomic mass is 35.5. The molecule has 2 N–H and O–H groups in total. The average Bonchev–Trinajstić information content (AvgIpc) is 3.16. The highest BCUT2D eigenvalue weighted by Gasteiger charge is 2.29. The van der Waals surface area contributed by atoms with E-state index in [1.807, 2.05) is 80.7 Å². The molecule has 0 saturated heterocycles. The lowest BCUT2D eigenvalue weighted by Crippen LogP contribution is -2.28. The lowest BCUT2D eigenvalue weighted by atomic mass is 9.84. The van der Waals surface area contributed by atoms with Gasteiger partial charge in [0.1, 0.15) is 6.10 Å². The molecular formula is C30H30ClN3O4. The van der Waals surface area contributed by atoms with E-state index in [1.165, 1.54) is 0 Å². The van der Waals surface area contributed by atoms with Crippen molar-refractivity contribution in [1.82, 2.24) is 9.78 Å². The molecule has 0 saturated carbocycles. The predicted octanol–water partition coefficient (Wildman–Crippen LogP) is 7.39. The Labute approximate surface area is 227 Å². The quantitative estimate of drug-likeness (QED) is 0.259. The predicted molar refractivity (Wildman–Crippen MR) is 149 cm³/mol. The Hall–Kier alpha value is -4.10. The second-order valence-electron chi connectivity index (χ2n) is 9.71. The normalized spacial score (nSPS) is 12.2. The van der Waals surface area contributed by atoms with E-state index >= 15 is 0 Å². The number of carbonyl (C=O) groups excluding carboxylic acids is 1. The Kier molecular flexibility index (Phi) is 7.60. The van der Waals surface area contributed by atoms with Gasteiger partial charge in [0.15, 0.2) is 0 Å². The maximum Gasteiger partial charge on any atom is 0.412 e. The monoisotopic (exact) mass is 531 g/mol. The molecule has 0 spiro atoms. The first kappa shape index (κ1) is 26.9. The minimum atomic E-state index is -0.963. The number of benzene rings is 3. The van der Waals surface area contributed by atoms with Crippen molar-refractivity contribution in [1.29, 1.82) is 0 Å². The Morgan fingerprint density at radius 1 is 0.974 bits per heavy atom. The van der Waals surface area contributed by atoms with E-state index in [2.05, 4.69) is 10.4 Å². The number of amides is 1. The van der Waals surface area contributed by atoms with Gasteiger partial charge in [0.25, 0.3) is 0 Å². The molecule has 0 aliphatic carbocycles. The van der Waals surface area contributed by atoms with Crippen LogP contribution in [-0.4, -0.2) is 26.9 Å². The van der Waals surface area contributed by atoms with Gasteiger partial charge in [-0.2, -0.15) is 5.10 Å². The first-order valence-electron chi connectivity index (χ1n) is 12.2. The summed E-state index contributed by atoms with van der Waals surface area (Å²) in [5.41, 5.74) is 5.29.